The van der Waals surface area contributed by atoms with Gasteiger partial charge in [0, 0.05) is 5.56 Å². The number of alkyl halides is 2. The average Bonchev–Trinajstić information content (AvgIpc) is 2.35. The molecule has 0 N–H and O–H groups in total. The molecule has 0 aliphatic heterocycles. The lowest BCUT2D eigenvalue weighted by molar-refractivity contribution is 0.0518. The fraction of sp³-hybridized carbons (Fsp3) is 0.467. The van der Waals surface area contributed by atoms with E-state index < -0.39 is 5.92 Å². The third kappa shape index (κ3) is 5.12. The summed E-state index contributed by atoms with van der Waals surface area (Å²) in [5.74, 6) is -2.84. The first-order valence-electron chi connectivity index (χ1n) is 6.28. The molecule has 0 fully saturated rings. The van der Waals surface area contributed by atoms with Gasteiger partial charge in [-0.2, -0.15) is 8.78 Å². The molecule has 0 bridgehead atoms. The lowest BCUT2D eigenvalue weighted by atomic mass is 10.1. The maximum atomic E-state index is 13.6. The topological polar surface area (TPSA) is 0 Å². The molecule has 0 radical (unpaired) electrons. The van der Waals surface area contributed by atoms with Crippen LogP contribution >= 0.6 is 0 Å². The fourth-order valence-corrected chi connectivity index (χ4v) is 1.68. The Morgan fingerprint density at radius 3 is 2.41 bits per heavy atom. The Hall–Kier alpha value is -1.18. The quantitative estimate of drug-likeness (QED) is 0.446. The van der Waals surface area contributed by atoms with Gasteiger partial charge >= 0.3 is 0 Å². The summed E-state index contributed by atoms with van der Waals surface area (Å²) in [5.41, 5.74) is 0.0600. The van der Waals surface area contributed by atoms with Crippen LogP contribution in [0.2, 0.25) is 0 Å². The van der Waals surface area contributed by atoms with Gasteiger partial charge in [-0.25, -0.2) is 0 Å². The van der Waals surface area contributed by atoms with Crippen molar-refractivity contribution in [3.8, 4) is 0 Å². The Morgan fingerprint density at radius 1 is 1.06 bits per heavy atom. The van der Waals surface area contributed by atoms with Gasteiger partial charge in [-0.15, -0.1) is 0 Å². The second kappa shape index (κ2) is 7.21. The third-order valence-corrected chi connectivity index (χ3v) is 2.71. The highest BCUT2D eigenvalue weighted by atomic mass is 19.3. The summed E-state index contributed by atoms with van der Waals surface area (Å²) in [6, 6.07) is 7.94. The van der Waals surface area contributed by atoms with Crippen molar-refractivity contribution in [1.82, 2.24) is 0 Å². The van der Waals surface area contributed by atoms with Gasteiger partial charge < -0.3 is 0 Å². The number of hydrogen-bond acceptors (Lipinski definition) is 0. The summed E-state index contributed by atoms with van der Waals surface area (Å²) in [5, 5.41) is 0. The van der Waals surface area contributed by atoms with Crippen LogP contribution in [0.15, 0.2) is 42.5 Å². The molecule has 0 aliphatic rings. The molecular formula is C15H20F2. The van der Waals surface area contributed by atoms with Crippen molar-refractivity contribution in [2.75, 3.05) is 0 Å². The first-order valence-corrected chi connectivity index (χ1v) is 6.28. The lowest BCUT2D eigenvalue weighted by Gasteiger charge is -2.11. The Kier molecular flexibility index (Phi) is 5.88. The van der Waals surface area contributed by atoms with E-state index in [0.717, 1.165) is 25.3 Å². The van der Waals surface area contributed by atoms with Gasteiger partial charge in [-0.1, -0.05) is 62.6 Å². The van der Waals surface area contributed by atoms with Crippen molar-refractivity contribution in [1.29, 1.82) is 0 Å². The highest BCUT2D eigenvalue weighted by molar-refractivity contribution is 5.24. The summed E-state index contributed by atoms with van der Waals surface area (Å²) in [7, 11) is 0. The van der Waals surface area contributed by atoms with Crippen LogP contribution in [0.25, 0.3) is 0 Å². The molecule has 0 spiro atoms. The second-order valence-electron chi connectivity index (χ2n) is 4.24. The molecule has 2 heteroatoms. The highest BCUT2D eigenvalue weighted by Crippen LogP contribution is 2.29. The summed E-state index contributed by atoms with van der Waals surface area (Å²) in [4.78, 5) is 0. The standard InChI is InChI=1S/C15H20F2/c1-2-3-4-5-6-10-13-15(16,17)14-11-8-7-9-12-14/h7-13H,2-6H2,1H3/b13-10+. The van der Waals surface area contributed by atoms with E-state index in [2.05, 4.69) is 6.92 Å². The molecule has 0 nitrogen and oxygen atoms in total. The van der Waals surface area contributed by atoms with Crippen LogP contribution in [-0.4, -0.2) is 0 Å². The van der Waals surface area contributed by atoms with Crippen LogP contribution in [0.5, 0.6) is 0 Å². The first-order chi connectivity index (χ1) is 8.17. The zero-order valence-electron chi connectivity index (χ0n) is 10.3. The monoisotopic (exact) mass is 238 g/mol. The zero-order valence-corrected chi connectivity index (χ0v) is 10.3. The fourth-order valence-electron chi connectivity index (χ4n) is 1.68. The van der Waals surface area contributed by atoms with Crippen molar-refractivity contribution >= 4 is 0 Å². The summed E-state index contributed by atoms with van der Waals surface area (Å²) >= 11 is 0. The van der Waals surface area contributed by atoms with E-state index >= 15 is 0 Å². The molecule has 0 amide bonds. The Morgan fingerprint density at radius 2 is 1.76 bits per heavy atom. The first kappa shape index (κ1) is 13.9. The minimum absolute atomic E-state index is 0.0600. The molecule has 1 aromatic rings. The molecule has 0 saturated heterocycles. The minimum Gasteiger partial charge on any atom is -0.197 e. The molecule has 1 aromatic carbocycles. The molecular weight excluding hydrogens is 218 g/mol. The molecule has 1 rings (SSSR count). The number of rotatable bonds is 7. The average molecular weight is 238 g/mol. The number of hydrogen-bond donors (Lipinski definition) is 0. The van der Waals surface area contributed by atoms with Gasteiger partial charge in [0.05, 0.1) is 0 Å². The van der Waals surface area contributed by atoms with Gasteiger partial charge in [-0.3, -0.25) is 0 Å². The van der Waals surface area contributed by atoms with Crippen molar-refractivity contribution in [2.45, 2.75) is 45.0 Å². The molecule has 94 valence electrons. The van der Waals surface area contributed by atoms with Gasteiger partial charge in [0.15, 0.2) is 0 Å². The number of unbranched alkanes of at least 4 members (excludes halogenated alkanes) is 4. The molecule has 0 aliphatic carbocycles. The van der Waals surface area contributed by atoms with Gasteiger partial charge in [0.2, 0.25) is 0 Å². The second-order valence-corrected chi connectivity index (χ2v) is 4.24. The number of halogens is 2. The van der Waals surface area contributed by atoms with Gasteiger partial charge in [0.1, 0.15) is 0 Å². The number of benzene rings is 1. The Labute approximate surface area is 102 Å². The third-order valence-electron chi connectivity index (χ3n) is 2.71. The van der Waals surface area contributed by atoms with Crippen molar-refractivity contribution in [3.05, 3.63) is 48.0 Å². The molecule has 0 unspecified atom stereocenters. The molecule has 0 atom stereocenters. The van der Waals surface area contributed by atoms with Crippen LogP contribution in [0.4, 0.5) is 8.78 Å². The van der Waals surface area contributed by atoms with E-state index in [1.165, 1.54) is 25.0 Å². The Balaban J connectivity index is 2.41. The number of allylic oxidation sites excluding steroid dienone is 2. The van der Waals surface area contributed by atoms with E-state index in [1.54, 1.807) is 24.3 Å². The lowest BCUT2D eigenvalue weighted by Crippen LogP contribution is -2.08. The Bertz CT molecular complexity index is 328. The van der Waals surface area contributed by atoms with Crippen LogP contribution in [0.1, 0.15) is 44.6 Å². The van der Waals surface area contributed by atoms with E-state index in [-0.39, 0.29) is 5.56 Å². The van der Waals surface area contributed by atoms with Crippen molar-refractivity contribution in [3.63, 3.8) is 0 Å². The summed E-state index contributed by atoms with van der Waals surface area (Å²) in [6.07, 6.45) is 7.83. The predicted octanol–water partition coefficient (Wildman–Crippen LogP) is 5.31. The van der Waals surface area contributed by atoms with E-state index in [0.29, 0.717) is 0 Å². The highest BCUT2D eigenvalue weighted by Gasteiger charge is 2.26. The van der Waals surface area contributed by atoms with Crippen LogP contribution < -0.4 is 0 Å². The van der Waals surface area contributed by atoms with Crippen LogP contribution in [-0.2, 0) is 5.92 Å². The normalized spacial score (nSPS) is 12.2. The summed E-state index contributed by atoms with van der Waals surface area (Å²) < 4.78 is 27.3. The maximum absolute atomic E-state index is 13.6. The van der Waals surface area contributed by atoms with E-state index in [9.17, 15) is 8.78 Å². The van der Waals surface area contributed by atoms with Gasteiger partial charge in [-0.05, 0) is 18.9 Å². The van der Waals surface area contributed by atoms with Crippen molar-refractivity contribution in [2.24, 2.45) is 0 Å². The zero-order chi connectivity index (χ0) is 12.6. The minimum atomic E-state index is -2.84. The maximum Gasteiger partial charge on any atom is 0.291 e. The van der Waals surface area contributed by atoms with E-state index in [4.69, 9.17) is 0 Å². The van der Waals surface area contributed by atoms with E-state index in [1.807, 2.05) is 0 Å². The van der Waals surface area contributed by atoms with Crippen molar-refractivity contribution < 1.29 is 8.78 Å². The van der Waals surface area contributed by atoms with Gasteiger partial charge in [0.25, 0.3) is 5.92 Å². The van der Waals surface area contributed by atoms with Crippen LogP contribution in [0, 0.1) is 0 Å². The van der Waals surface area contributed by atoms with Crippen LogP contribution in [0.3, 0.4) is 0 Å². The summed E-state index contributed by atoms with van der Waals surface area (Å²) in [6.45, 7) is 2.14. The predicted molar refractivity (Wildman–Crippen MR) is 68.2 cm³/mol. The molecule has 0 heterocycles. The smallest absolute Gasteiger partial charge is 0.197 e. The SMILES string of the molecule is CCCCCC/C=C/C(F)(F)c1ccccc1. The molecule has 0 saturated carbocycles. The largest absolute Gasteiger partial charge is 0.291 e. The molecule has 17 heavy (non-hydrogen) atoms. The molecule has 0 aromatic heterocycles.